The van der Waals surface area contributed by atoms with Gasteiger partial charge in [-0.05, 0) is 36.4 Å². The summed E-state index contributed by atoms with van der Waals surface area (Å²) in [7, 11) is 0. The van der Waals surface area contributed by atoms with E-state index in [0.29, 0.717) is 26.5 Å². The highest BCUT2D eigenvalue weighted by molar-refractivity contribution is 6.61. The van der Waals surface area contributed by atoms with Gasteiger partial charge in [0.05, 0.1) is 16.5 Å². The summed E-state index contributed by atoms with van der Waals surface area (Å²) in [4.78, 5) is 30.2. The minimum absolute atomic E-state index is 0.130. The summed E-state index contributed by atoms with van der Waals surface area (Å²) in [5, 5.41) is 1.16. The van der Waals surface area contributed by atoms with E-state index in [-0.39, 0.29) is 17.1 Å². The highest BCUT2D eigenvalue weighted by Gasteiger charge is 2.14. The first-order valence-corrected chi connectivity index (χ1v) is 8.44. The number of fused-ring (bicyclic) bond motifs is 1. The van der Waals surface area contributed by atoms with Gasteiger partial charge in [0.15, 0.2) is 0 Å². The van der Waals surface area contributed by atoms with Crippen LogP contribution in [0.25, 0.3) is 22.3 Å². The number of carbonyl (C=O) groups is 1. The van der Waals surface area contributed by atoms with Crippen LogP contribution in [-0.4, -0.2) is 15.4 Å². The Bertz CT molecular complexity index is 987. The number of rotatable bonds is 2. The summed E-state index contributed by atoms with van der Waals surface area (Å²) in [6, 6.07) is 9.26. The maximum absolute atomic E-state index is 12.2. The van der Waals surface area contributed by atoms with Crippen LogP contribution in [-0.2, 0) is 0 Å². The van der Waals surface area contributed by atoms with Crippen molar-refractivity contribution in [3.8, 4) is 17.1 Å². The summed E-state index contributed by atoms with van der Waals surface area (Å²) in [5.41, 5.74) is -0.615. The second-order valence-corrected chi connectivity index (χ2v) is 5.74. The number of hydrogen-bond acceptors (Lipinski definition) is 4. The normalized spacial score (nSPS) is 10.1. The van der Waals surface area contributed by atoms with Crippen LogP contribution in [0.4, 0.5) is 4.79 Å². The highest BCUT2D eigenvalue weighted by atomic mass is 35.5. The average Bonchev–Trinajstić information content (AvgIpc) is 2.58. The standard InChI is InChI=1S/C15H7Cl3N2O3.C2H6/c16-7-1-3-11-9(5-7)14(21)20-13(19-11)10-6-8(17)2-4-12(10)23-15(18)22;1-2/h1-6H,(H,19,20,21);1-2H3. The molecule has 0 fully saturated rings. The van der Waals surface area contributed by atoms with Crippen LogP contribution in [0.3, 0.4) is 0 Å². The van der Waals surface area contributed by atoms with Crippen molar-refractivity contribution < 1.29 is 9.53 Å². The van der Waals surface area contributed by atoms with Crippen LogP contribution < -0.4 is 10.3 Å². The van der Waals surface area contributed by atoms with E-state index in [1.54, 1.807) is 12.1 Å². The van der Waals surface area contributed by atoms with Gasteiger partial charge in [-0.1, -0.05) is 37.0 Å². The van der Waals surface area contributed by atoms with E-state index in [0.717, 1.165) is 0 Å². The molecule has 0 spiro atoms. The Morgan fingerprint density at radius 1 is 1.08 bits per heavy atom. The number of benzene rings is 2. The summed E-state index contributed by atoms with van der Waals surface area (Å²) in [6.07, 6.45) is 0. The van der Waals surface area contributed by atoms with Gasteiger partial charge in [-0.15, -0.1) is 0 Å². The Morgan fingerprint density at radius 3 is 2.40 bits per heavy atom. The highest BCUT2D eigenvalue weighted by Crippen LogP contribution is 2.31. The van der Waals surface area contributed by atoms with Gasteiger partial charge in [-0.3, -0.25) is 4.79 Å². The fourth-order valence-corrected chi connectivity index (χ4v) is 2.53. The lowest BCUT2D eigenvalue weighted by atomic mass is 10.1. The Kier molecular flexibility index (Phi) is 6.42. The molecule has 1 N–H and O–H groups in total. The van der Waals surface area contributed by atoms with Crippen molar-refractivity contribution in [3.63, 3.8) is 0 Å². The quantitative estimate of drug-likeness (QED) is 0.564. The van der Waals surface area contributed by atoms with Gasteiger partial charge in [0.1, 0.15) is 11.6 Å². The molecule has 2 aromatic carbocycles. The summed E-state index contributed by atoms with van der Waals surface area (Å²) in [5.74, 6) is 0.325. The van der Waals surface area contributed by atoms with Gasteiger partial charge in [0, 0.05) is 21.6 Å². The zero-order valence-corrected chi connectivity index (χ0v) is 15.5. The van der Waals surface area contributed by atoms with Gasteiger partial charge in [0.2, 0.25) is 0 Å². The lowest BCUT2D eigenvalue weighted by Crippen LogP contribution is -2.10. The van der Waals surface area contributed by atoms with E-state index in [2.05, 4.69) is 9.97 Å². The van der Waals surface area contributed by atoms with Crippen molar-refractivity contribution in [2.45, 2.75) is 13.8 Å². The van der Waals surface area contributed by atoms with Gasteiger partial charge in [0.25, 0.3) is 5.56 Å². The molecule has 8 heteroatoms. The van der Waals surface area contributed by atoms with Crippen molar-refractivity contribution in [2.75, 3.05) is 0 Å². The van der Waals surface area contributed by atoms with Crippen LogP contribution in [0.1, 0.15) is 13.8 Å². The maximum atomic E-state index is 12.2. The molecule has 0 radical (unpaired) electrons. The minimum atomic E-state index is -1.01. The van der Waals surface area contributed by atoms with Crippen molar-refractivity contribution in [1.29, 1.82) is 0 Å². The average molecular weight is 400 g/mol. The number of nitrogens with zero attached hydrogens (tertiary/aromatic N) is 1. The van der Waals surface area contributed by atoms with Crippen LogP contribution >= 0.6 is 34.8 Å². The van der Waals surface area contributed by atoms with Gasteiger partial charge < -0.3 is 9.72 Å². The maximum Gasteiger partial charge on any atom is 0.409 e. The van der Waals surface area contributed by atoms with Crippen LogP contribution in [0.15, 0.2) is 41.2 Å². The third-order valence-electron chi connectivity index (χ3n) is 3.05. The molecule has 25 heavy (non-hydrogen) atoms. The number of halogens is 3. The van der Waals surface area contributed by atoms with Gasteiger partial charge in [-0.2, -0.15) is 0 Å². The largest absolute Gasteiger partial charge is 0.414 e. The topological polar surface area (TPSA) is 72.0 Å². The molecule has 0 aliphatic rings. The van der Waals surface area contributed by atoms with Crippen LogP contribution in [0.5, 0.6) is 5.75 Å². The van der Waals surface area contributed by atoms with Gasteiger partial charge >= 0.3 is 5.43 Å². The van der Waals surface area contributed by atoms with Crippen LogP contribution in [0.2, 0.25) is 10.0 Å². The fourth-order valence-electron chi connectivity index (χ4n) is 2.10. The molecule has 0 saturated heterocycles. The van der Waals surface area contributed by atoms with E-state index in [1.165, 1.54) is 24.3 Å². The van der Waals surface area contributed by atoms with Crippen molar-refractivity contribution in [3.05, 3.63) is 56.8 Å². The molecule has 5 nitrogen and oxygen atoms in total. The molecule has 0 aliphatic carbocycles. The van der Waals surface area contributed by atoms with E-state index < -0.39 is 5.43 Å². The molecule has 1 aromatic heterocycles. The van der Waals surface area contributed by atoms with E-state index in [1.807, 2.05) is 13.8 Å². The number of aromatic nitrogens is 2. The molecular formula is C17H13Cl3N2O3. The second kappa shape index (κ2) is 8.34. The smallest absolute Gasteiger partial charge is 0.409 e. The monoisotopic (exact) mass is 398 g/mol. The Labute approximate surface area is 158 Å². The number of hydrogen-bond donors (Lipinski definition) is 1. The zero-order valence-electron chi connectivity index (χ0n) is 13.3. The predicted molar refractivity (Wildman–Crippen MR) is 101 cm³/mol. The molecular weight excluding hydrogens is 387 g/mol. The lowest BCUT2D eigenvalue weighted by Gasteiger charge is -2.09. The molecule has 0 atom stereocenters. The van der Waals surface area contributed by atoms with E-state index in [9.17, 15) is 9.59 Å². The van der Waals surface area contributed by atoms with Crippen LogP contribution in [0, 0.1) is 0 Å². The molecule has 0 unspecified atom stereocenters. The summed E-state index contributed by atoms with van der Waals surface area (Å²) < 4.78 is 4.91. The molecule has 130 valence electrons. The predicted octanol–water partition coefficient (Wildman–Crippen LogP) is 5.66. The molecule has 3 aromatic rings. The fraction of sp³-hybridized carbons (Fsp3) is 0.118. The minimum Gasteiger partial charge on any atom is -0.414 e. The van der Waals surface area contributed by atoms with E-state index in [4.69, 9.17) is 39.5 Å². The number of ether oxygens (including phenoxy) is 1. The SMILES string of the molecule is CC.O=C(Cl)Oc1ccc(Cl)cc1-c1nc2ccc(Cl)cc2c(=O)[nH]1. The third kappa shape index (κ3) is 4.51. The molecule has 0 bridgehead atoms. The number of carbonyl (C=O) groups excluding carboxylic acids is 1. The number of H-pyrrole nitrogens is 1. The number of aromatic amines is 1. The lowest BCUT2D eigenvalue weighted by molar-refractivity contribution is 0.226. The molecule has 3 rings (SSSR count). The summed E-state index contributed by atoms with van der Waals surface area (Å²) in [6.45, 7) is 4.00. The summed E-state index contributed by atoms with van der Waals surface area (Å²) >= 11 is 17.1. The molecule has 0 aliphatic heterocycles. The molecule has 0 saturated carbocycles. The van der Waals surface area contributed by atoms with Gasteiger partial charge in [-0.25, -0.2) is 9.78 Å². The van der Waals surface area contributed by atoms with E-state index >= 15 is 0 Å². The third-order valence-corrected chi connectivity index (χ3v) is 3.60. The molecule has 1 heterocycles. The Balaban J connectivity index is 0.00000109. The van der Waals surface area contributed by atoms with Crippen molar-refractivity contribution in [2.24, 2.45) is 0 Å². The second-order valence-electron chi connectivity index (χ2n) is 4.56. The number of nitrogens with one attached hydrogen (secondary N) is 1. The first kappa shape index (κ1) is 19.2. The Morgan fingerprint density at radius 2 is 1.72 bits per heavy atom. The van der Waals surface area contributed by atoms with Crippen molar-refractivity contribution >= 4 is 51.1 Å². The first-order chi connectivity index (χ1) is 11.9. The zero-order chi connectivity index (χ0) is 18.6. The first-order valence-electron chi connectivity index (χ1n) is 7.31. The Hall–Kier alpha value is -2.08. The molecule has 0 amide bonds. The van der Waals surface area contributed by atoms with Crippen molar-refractivity contribution in [1.82, 2.24) is 9.97 Å².